The molecule has 1 fully saturated rings. The molecule has 7 nitrogen and oxygen atoms in total. The molecule has 1 aromatic rings. The molecule has 0 aromatic heterocycles. The molecule has 152 valence electrons. The minimum absolute atomic E-state index is 0.0101. The molecule has 27 heavy (non-hydrogen) atoms. The van der Waals surface area contributed by atoms with E-state index in [9.17, 15) is 13.2 Å². The van der Waals surface area contributed by atoms with E-state index in [1.54, 1.807) is 29.2 Å². The minimum Gasteiger partial charge on any atom is -0.444 e. The van der Waals surface area contributed by atoms with Crippen molar-refractivity contribution in [3.63, 3.8) is 0 Å². The maximum absolute atomic E-state index is 12.0. The van der Waals surface area contributed by atoms with Crippen molar-refractivity contribution in [3.05, 3.63) is 35.9 Å². The van der Waals surface area contributed by atoms with Gasteiger partial charge in [0.1, 0.15) is 11.4 Å². The number of piperidine rings is 1. The van der Waals surface area contributed by atoms with Gasteiger partial charge in [0.05, 0.1) is 19.3 Å². The lowest BCUT2D eigenvalue weighted by atomic mass is 10.1. The maximum Gasteiger partial charge on any atom is 0.410 e. The van der Waals surface area contributed by atoms with Crippen LogP contribution in [0.25, 0.3) is 0 Å². The van der Waals surface area contributed by atoms with Crippen LogP contribution < -0.4 is 0 Å². The van der Waals surface area contributed by atoms with Crippen LogP contribution in [-0.4, -0.2) is 57.4 Å². The van der Waals surface area contributed by atoms with Gasteiger partial charge in [-0.15, -0.1) is 0 Å². The molecule has 0 spiro atoms. The summed E-state index contributed by atoms with van der Waals surface area (Å²) in [5.74, 6) is -0.151. The molecule has 2 rings (SSSR count). The van der Waals surface area contributed by atoms with Crippen LogP contribution in [0.15, 0.2) is 30.3 Å². The Hall–Kier alpha value is -1.64. The normalized spacial score (nSPS) is 16.3. The summed E-state index contributed by atoms with van der Waals surface area (Å²) in [5.41, 5.74) is 0.181. The average Bonchev–Trinajstić information content (AvgIpc) is 2.58. The third kappa shape index (κ3) is 8.28. The number of hydrogen-bond acceptors (Lipinski definition) is 6. The molecule has 1 aromatic carbocycles. The number of hydrogen-bond donors (Lipinski definition) is 0. The van der Waals surface area contributed by atoms with E-state index < -0.39 is 15.7 Å². The highest BCUT2D eigenvalue weighted by Crippen LogP contribution is 2.17. The lowest BCUT2D eigenvalue weighted by Gasteiger charge is -2.33. The molecule has 1 aliphatic heterocycles. The van der Waals surface area contributed by atoms with Crippen molar-refractivity contribution in [2.45, 2.75) is 51.1 Å². The number of carbonyl (C=O) groups excluding carboxylic acids is 1. The van der Waals surface area contributed by atoms with Crippen molar-refractivity contribution in [1.29, 1.82) is 0 Å². The molecule has 0 atom stereocenters. The molecule has 0 aliphatic carbocycles. The van der Waals surface area contributed by atoms with Crippen LogP contribution in [0, 0.1) is 0 Å². The van der Waals surface area contributed by atoms with Gasteiger partial charge in [-0.05, 0) is 39.2 Å². The van der Waals surface area contributed by atoms with Crippen LogP contribution in [0.5, 0.6) is 0 Å². The third-order valence-electron chi connectivity index (χ3n) is 3.98. The van der Waals surface area contributed by atoms with E-state index in [0.29, 0.717) is 31.5 Å². The van der Waals surface area contributed by atoms with Gasteiger partial charge in [0.25, 0.3) is 10.1 Å². The van der Waals surface area contributed by atoms with Gasteiger partial charge >= 0.3 is 6.09 Å². The Balaban J connectivity index is 1.64. The molecule has 0 radical (unpaired) electrons. The van der Waals surface area contributed by atoms with Gasteiger partial charge in [0, 0.05) is 13.1 Å². The number of rotatable bonds is 7. The van der Waals surface area contributed by atoms with Gasteiger partial charge in [0.15, 0.2) is 0 Å². The van der Waals surface area contributed by atoms with Crippen molar-refractivity contribution >= 4 is 16.2 Å². The first-order valence-corrected chi connectivity index (χ1v) is 10.7. The molecule has 0 saturated carbocycles. The lowest BCUT2D eigenvalue weighted by molar-refractivity contribution is -0.0174. The predicted octanol–water partition coefficient (Wildman–Crippen LogP) is 2.95. The zero-order chi connectivity index (χ0) is 19.9. The average molecular weight is 400 g/mol. The van der Waals surface area contributed by atoms with Crippen molar-refractivity contribution in [1.82, 2.24) is 4.90 Å². The van der Waals surface area contributed by atoms with Crippen molar-refractivity contribution < 1.29 is 26.9 Å². The summed E-state index contributed by atoms with van der Waals surface area (Å²) in [6.07, 6.45) is 1.06. The topological polar surface area (TPSA) is 82.1 Å². The van der Waals surface area contributed by atoms with E-state index in [0.717, 1.165) is 0 Å². The van der Waals surface area contributed by atoms with Crippen molar-refractivity contribution in [2.24, 2.45) is 0 Å². The summed E-state index contributed by atoms with van der Waals surface area (Å²) >= 11 is 0. The van der Waals surface area contributed by atoms with Crippen LogP contribution in [0.4, 0.5) is 4.79 Å². The highest BCUT2D eigenvalue weighted by atomic mass is 32.2. The Morgan fingerprint density at radius 1 is 1.11 bits per heavy atom. The molecular formula is C19H29NO6S. The van der Waals surface area contributed by atoms with Gasteiger partial charge < -0.3 is 14.4 Å². The van der Waals surface area contributed by atoms with Crippen molar-refractivity contribution in [3.8, 4) is 0 Å². The zero-order valence-electron chi connectivity index (χ0n) is 16.2. The van der Waals surface area contributed by atoms with Crippen LogP contribution in [0.2, 0.25) is 0 Å². The number of benzene rings is 1. The fraction of sp³-hybridized carbons (Fsp3) is 0.632. The monoisotopic (exact) mass is 399 g/mol. The first kappa shape index (κ1) is 21.7. The molecule has 0 N–H and O–H groups in total. The van der Waals surface area contributed by atoms with E-state index >= 15 is 0 Å². The van der Waals surface area contributed by atoms with E-state index in [1.165, 1.54) is 0 Å². The second-order valence-corrected chi connectivity index (χ2v) is 9.19. The summed E-state index contributed by atoms with van der Waals surface area (Å²) in [7, 11) is -3.62. The number of amides is 1. The number of carbonyl (C=O) groups is 1. The first-order valence-electron chi connectivity index (χ1n) is 9.15. The SMILES string of the molecule is CC(C)(C)OC(=O)N1CCC(OCCOS(=O)(=O)Cc2ccccc2)CC1. The number of nitrogens with zero attached hydrogens (tertiary/aromatic N) is 1. The quantitative estimate of drug-likeness (QED) is 0.518. The summed E-state index contributed by atoms with van der Waals surface area (Å²) < 4.78 is 39.9. The molecule has 8 heteroatoms. The highest BCUT2D eigenvalue weighted by molar-refractivity contribution is 7.85. The molecule has 1 saturated heterocycles. The first-order chi connectivity index (χ1) is 12.6. The van der Waals surface area contributed by atoms with Gasteiger partial charge in [-0.1, -0.05) is 30.3 Å². The Kier molecular flexibility index (Phi) is 7.64. The third-order valence-corrected chi connectivity index (χ3v) is 5.19. The predicted molar refractivity (Wildman–Crippen MR) is 102 cm³/mol. The molecular weight excluding hydrogens is 370 g/mol. The Labute approximate surface area is 161 Å². The van der Waals surface area contributed by atoms with Crippen LogP contribution >= 0.6 is 0 Å². The van der Waals surface area contributed by atoms with Crippen LogP contribution in [0.3, 0.4) is 0 Å². The largest absolute Gasteiger partial charge is 0.444 e. The fourth-order valence-corrected chi connectivity index (χ4v) is 3.73. The van der Waals surface area contributed by atoms with Crippen LogP contribution in [0.1, 0.15) is 39.2 Å². The molecule has 1 heterocycles. The fourth-order valence-electron chi connectivity index (χ4n) is 2.73. The smallest absolute Gasteiger partial charge is 0.410 e. The van der Waals surface area contributed by atoms with Crippen LogP contribution in [-0.2, 0) is 29.5 Å². The van der Waals surface area contributed by atoms with Gasteiger partial charge in [-0.2, -0.15) is 8.42 Å². The van der Waals surface area contributed by atoms with Gasteiger partial charge in [-0.25, -0.2) is 4.79 Å². The highest BCUT2D eigenvalue weighted by Gasteiger charge is 2.27. The number of likely N-dealkylation sites (tertiary alicyclic amines) is 1. The maximum atomic E-state index is 12.0. The second kappa shape index (κ2) is 9.52. The van der Waals surface area contributed by atoms with E-state index in [4.69, 9.17) is 13.7 Å². The van der Waals surface area contributed by atoms with Gasteiger partial charge in [-0.3, -0.25) is 4.18 Å². The van der Waals surface area contributed by atoms with Crippen molar-refractivity contribution in [2.75, 3.05) is 26.3 Å². The minimum atomic E-state index is -3.62. The summed E-state index contributed by atoms with van der Waals surface area (Å²) in [4.78, 5) is 13.7. The Morgan fingerprint density at radius 2 is 1.74 bits per heavy atom. The Morgan fingerprint density at radius 3 is 2.33 bits per heavy atom. The molecule has 0 unspecified atom stereocenters. The summed E-state index contributed by atoms with van der Waals surface area (Å²) in [6.45, 7) is 6.83. The van der Waals surface area contributed by atoms with E-state index in [-0.39, 0.29) is 31.2 Å². The number of ether oxygens (including phenoxy) is 2. The summed E-state index contributed by atoms with van der Waals surface area (Å²) in [5, 5.41) is 0. The van der Waals surface area contributed by atoms with E-state index in [1.807, 2.05) is 26.8 Å². The van der Waals surface area contributed by atoms with E-state index in [2.05, 4.69) is 0 Å². The zero-order valence-corrected chi connectivity index (χ0v) is 17.0. The molecule has 0 bridgehead atoms. The standard InChI is InChI=1S/C19H29NO6S/c1-19(2,3)26-18(21)20-11-9-17(10-12-20)24-13-14-25-27(22,23)15-16-7-5-4-6-8-16/h4-8,17H,9-15H2,1-3H3. The summed E-state index contributed by atoms with van der Waals surface area (Å²) in [6, 6.07) is 8.90. The van der Waals surface area contributed by atoms with Gasteiger partial charge in [0.2, 0.25) is 0 Å². The molecule has 1 amide bonds. The lowest BCUT2D eigenvalue weighted by Crippen LogP contribution is -2.43. The Bertz CT molecular complexity index is 691. The second-order valence-electron chi connectivity index (χ2n) is 7.55. The molecule has 1 aliphatic rings.